The Hall–Kier alpha value is -1.80. The molecule has 0 fully saturated rings. The Labute approximate surface area is 117 Å². The number of rotatable bonds is 6. The van der Waals surface area contributed by atoms with Gasteiger partial charge in [0.15, 0.2) is 0 Å². The summed E-state index contributed by atoms with van der Waals surface area (Å²) in [6, 6.07) is 2.21. The van der Waals surface area contributed by atoms with E-state index in [2.05, 4.69) is 12.6 Å². The predicted molar refractivity (Wildman–Crippen MR) is 77.7 cm³/mol. The second-order valence-electron chi connectivity index (χ2n) is 4.51. The maximum absolute atomic E-state index is 11.0. The van der Waals surface area contributed by atoms with E-state index in [0.717, 1.165) is 15.4 Å². The van der Waals surface area contributed by atoms with Gasteiger partial charge in [0, 0.05) is 18.0 Å². The molecule has 19 heavy (non-hydrogen) atoms. The Morgan fingerprint density at radius 2 is 2.26 bits per heavy atom. The van der Waals surface area contributed by atoms with Crippen molar-refractivity contribution in [3.63, 3.8) is 0 Å². The molecule has 1 aromatic heterocycles. The summed E-state index contributed by atoms with van der Waals surface area (Å²) >= 11 is 1.53. The zero-order valence-corrected chi connectivity index (χ0v) is 12.3. The smallest absolute Gasteiger partial charge is 0.308 e. The van der Waals surface area contributed by atoms with Gasteiger partial charge in [-0.25, -0.2) is 0 Å². The van der Waals surface area contributed by atoms with Crippen molar-refractivity contribution in [2.24, 2.45) is 5.92 Å². The van der Waals surface area contributed by atoms with Crippen molar-refractivity contribution >= 4 is 22.3 Å². The third-order valence-electron chi connectivity index (χ3n) is 3.03. The molecule has 0 aliphatic heterocycles. The summed E-state index contributed by atoms with van der Waals surface area (Å²) in [6.07, 6.45) is 1.72. The van der Waals surface area contributed by atoms with Gasteiger partial charge < -0.3 is 10.0 Å². The Balaban J connectivity index is 3.13. The molecule has 1 unspecified atom stereocenters. The topological polar surface area (TPSA) is 64.3 Å². The van der Waals surface area contributed by atoms with Gasteiger partial charge in [0.05, 0.1) is 11.5 Å². The van der Waals surface area contributed by atoms with Crippen molar-refractivity contribution in [3.8, 4) is 6.07 Å². The number of anilines is 1. The van der Waals surface area contributed by atoms with Gasteiger partial charge in [-0.3, -0.25) is 4.79 Å². The molecule has 4 nitrogen and oxygen atoms in total. The van der Waals surface area contributed by atoms with Gasteiger partial charge in [-0.05, 0) is 19.4 Å². The lowest BCUT2D eigenvalue weighted by Crippen LogP contribution is -2.31. The fourth-order valence-electron chi connectivity index (χ4n) is 1.77. The molecule has 0 radical (unpaired) electrons. The van der Waals surface area contributed by atoms with E-state index in [-0.39, 0.29) is 0 Å². The van der Waals surface area contributed by atoms with E-state index in [1.54, 1.807) is 13.0 Å². The highest BCUT2D eigenvalue weighted by molar-refractivity contribution is 7.16. The minimum Gasteiger partial charge on any atom is -0.481 e. The third kappa shape index (κ3) is 3.36. The number of aliphatic carboxylic acids is 1. The summed E-state index contributed by atoms with van der Waals surface area (Å²) in [5.74, 6) is -1.33. The molecular formula is C14H18N2O2S. The molecule has 1 aromatic rings. The van der Waals surface area contributed by atoms with Crippen molar-refractivity contribution < 1.29 is 9.90 Å². The number of hydrogen-bond donors (Lipinski definition) is 1. The first-order chi connectivity index (χ1) is 8.92. The number of hydrogen-bond acceptors (Lipinski definition) is 4. The number of nitrogens with zero attached hydrogens (tertiary/aromatic N) is 2. The Bertz CT molecular complexity index is 528. The number of nitriles is 1. The minimum absolute atomic E-state index is 0.370. The van der Waals surface area contributed by atoms with Crippen LogP contribution in [0.4, 0.5) is 5.00 Å². The third-order valence-corrected chi connectivity index (χ3v) is 4.30. The molecule has 1 heterocycles. The number of aryl methyl sites for hydroxylation is 1. The molecule has 1 rings (SSSR count). The van der Waals surface area contributed by atoms with Crippen LogP contribution in [0.5, 0.6) is 0 Å². The summed E-state index contributed by atoms with van der Waals surface area (Å²) in [5.41, 5.74) is 1.61. The summed E-state index contributed by atoms with van der Waals surface area (Å²) in [4.78, 5) is 14.0. The van der Waals surface area contributed by atoms with Crippen LogP contribution in [0.3, 0.4) is 0 Å². The Kier molecular flexibility index (Phi) is 5.13. The monoisotopic (exact) mass is 278 g/mol. The average Bonchev–Trinajstić information content (AvgIpc) is 2.64. The van der Waals surface area contributed by atoms with E-state index in [1.807, 2.05) is 18.7 Å². The number of carboxylic acid groups (broad SMARTS) is 1. The van der Waals surface area contributed by atoms with Gasteiger partial charge in [0.1, 0.15) is 11.1 Å². The summed E-state index contributed by atoms with van der Waals surface area (Å²) < 4.78 is 0. The molecule has 0 bridgehead atoms. The number of carbonyl (C=O) groups is 1. The first kappa shape index (κ1) is 15.3. The van der Waals surface area contributed by atoms with Crippen molar-refractivity contribution in [1.29, 1.82) is 5.26 Å². The van der Waals surface area contributed by atoms with Gasteiger partial charge in [-0.15, -0.1) is 17.9 Å². The second kappa shape index (κ2) is 6.39. The Morgan fingerprint density at radius 3 is 2.74 bits per heavy atom. The second-order valence-corrected chi connectivity index (χ2v) is 5.71. The van der Waals surface area contributed by atoms with Gasteiger partial charge in [-0.1, -0.05) is 13.0 Å². The Morgan fingerprint density at radius 1 is 1.63 bits per heavy atom. The fraction of sp³-hybridized carbons (Fsp3) is 0.429. The lowest BCUT2D eigenvalue weighted by atomic mass is 10.1. The number of carboxylic acids is 1. The van der Waals surface area contributed by atoms with Crippen molar-refractivity contribution in [3.05, 3.63) is 28.7 Å². The molecule has 0 aliphatic carbocycles. The highest BCUT2D eigenvalue weighted by atomic mass is 32.1. The van der Waals surface area contributed by atoms with Gasteiger partial charge in [-0.2, -0.15) is 5.26 Å². The van der Waals surface area contributed by atoms with E-state index in [4.69, 9.17) is 5.11 Å². The van der Waals surface area contributed by atoms with Crippen molar-refractivity contribution in [1.82, 2.24) is 0 Å². The summed E-state index contributed by atoms with van der Waals surface area (Å²) in [5, 5.41) is 19.1. The van der Waals surface area contributed by atoms with Crippen LogP contribution < -0.4 is 4.90 Å². The highest BCUT2D eigenvalue weighted by Crippen LogP contribution is 2.35. The fourth-order valence-corrected chi connectivity index (χ4v) is 2.89. The molecule has 0 saturated heterocycles. The molecule has 0 spiro atoms. The average molecular weight is 278 g/mol. The standard InChI is InChI=1S/C14H18N2O2S/c1-5-6-16(8-9(2)14(17)18)13-12(7-15)10(3)11(4)19-13/h5,9H,1,6,8H2,2-4H3,(H,17,18). The van der Waals surface area contributed by atoms with Crippen molar-refractivity contribution in [2.45, 2.75) is 20.8 Å². The summed E-state index contributed by atoms with van der Waals surface area (Å²) in [6.45, 7) is 10.2. The van der Waals surface area contributed by atoms with Crippen molar-refractivity contribution in [2.75, 3.05) is 18.0 Å². The number of thiophene rings is 1. The lowest BCUT2D eigenvalue weighted by molar-refractivity contribution is -0.140. The van der Waals surface area contributed by atoms with E-state index in [0.29, 0.717) is 18.7 Å². The molecule has 102 valence electrons. The maximum atomic E-state index is 11.0. The van der Waals surface area contributed by atoms with E-state index in [1.165, 1.54) is 11.3 Å². The zero-order chi connectivity index (χ0) is 14.6. The molecule has 0 aromatic carbocycles. The molecule has 5 heteroatoms. The quantitative estimate of drug-likeness (QED) is 0.813. The highest BCUT2D eigenvalue weighted by Gasteiger charge is 2.21. The van der Waals surface area contributed by atoms with E-state index >= 15 is 0 Å². The lowest BCUT2D eigenvalue weighted by Gasteiger charge is -2.24. The van der Waals surface area contributed by atoms with Gasteiger partial charge >= 0.3 is 5.97 Å². The van der Waals surface area contributed by atoms with Crippen LogP contribution >= 0.6 is 11.3 Å². The molecule has 1 N–H and O–H groups in total. The molecule has 1 atom stereocenters. The normalized spacial score (nSPS) is 11.7. The van der Waals surface area contributed by atoms with E-state index in [9.17, 15) is 10.1 Å². The van der Waals surface area contributed by atoms with E-state index < -0.39 is 11.9 Å². The van der Waals surface area contributed by atoms with Crippen LogP contribution in [0.1, 0.15) is 22.9 Å². The predicted octanol–water partition coefficient (Wildman–Crippen LogP) is 2.95. The first-order valence-corrected chi connectivity index (χ1v) is 6.82. The minimum atomic E-state index is -0.836. The van der Waals surface area contributed by atoms with Crippen LogP contribution in [-0.4, -0.2) is 24.2 Å². The summed E-state index contributed by atoms with van der Waals surface area (Å²) in [7, 11) is 0. The first-order valence-electron chi connectivity index (χ1n) is 6.01. The van der Waals surface area contributed by atoms with Crippen LogP contribution in [0, 0.1) is 31.1 Å². The zero-order valence-electron chi connectivity index (χ0n) is 11.4. The maximum Gasteiger partial charge on any atom is 0.308 e. The van der Waals surface area contributed by atoms with Crippen LogP contribution in [-0.2, 0) is 4.79 Å². The van der Waals surface area contributed by atoms with Crippen LogP contribution in [0.2, 0.25) is 0 Å². The largest absolute Gasteiger partial charge is 0.481 e. The van der Waals surface area contributed by atoms with Crippen LogP contribution in [0.25, 0.3) is 0 Å². The molecular weight excluding hydrogens is 260 g/mol. The molecule has 0 amide bonds. The molecule has 0 saturated carbocycles. The van der Waals surface area contributed by atoms with Gasteiger partial charge in [0.25, 0.3) is 0 Å². The molecule has 0 aliphatic rings. The SMILES string of the molecule is C=CCN(CC(C)C(=O)O)c1sc(C)c(C)c1C#N. The van der Waals surface area contributed by atoms with Gasteiger partial charge in [0.2, 0.25) is 0 Å². The van der Waals surface area contributed by atoms with Crippen LogP contribution in [0.15, 0.2) is 12.7 Å².